The maximum Gasteiger partial charge on any atom is 0.208 e. The van der Waals surface area contributed by atoms with Gasteiger partial charge in [0.15, 0.2) is 0 Å². The van der Waals surface area contributed by atoms with E-state index >= 15 is 0 Å². The van der Waals surface area contributed by atoms with Crippen LogP contribution in [0.1, 0.15) is 26.3 Å². The van der Waals surface area contributed by atoms with Crippen LogP contribution in [0.15, 0.2) is 39.7 Å². The van der Waals surface area contributed by atoms with Gasteiger partial charge in [-0.2, -0.15) is 0 Å². The maximum atomic E-state index is 12.3. The van der Waals surface area contributed by atoms with Gasteiger partial charge in [-0.05, 0) is 17.2 Å². The Morgan fingerprint density at radius 2 is 1.80 bits per heavy atom. The number of para-hydroxylation sites is 1. The summed E-state index contributed by atoms with van der Waals surface area (Å²) in [7, 11) is -1.72. The number of hydrogen-bond donors (Lipinski definition) is 0. The first-order valence-electron chi connectivity index (χ1n) is 6.76. The van der Waals surface area contributed by atoms with Gasteiger partial charge in [-0.3, -0.25) is 4.79 Å². The fourth-order valence-electron chi connectivity index (χ4n) is 1.58. The van der Waals surface area contributed by atoms with Gasteiger partial charge in [-0.25, -0.2) is 0 Å². The quantitative estimate of drug-likeness (QED) is 0.536. The molecular formula is C17H20O2Si. The average molecular weight is 284 g/mol. The van der Waals surface area contributed by atoms with Crippen LogP contribution in [0.2, 0.25) is 18.1 Å². The van der Waals surface area contributed by atoms with E-state index < -0.39 is 8.07 Å². The lowest BCUT2D eigenvalue weighted by molar-refractivity contribution is 0.600. The Kier molecular flexibility index (Phi) is 3.62. The van der Waals surface area contributed by atoms with Crippen molar-refractivity contribution < 1.29 is 4.42 Å². The molecule has 0 radical (unpaired) electrons. The third kappa shape index (κ3) is 2.71. The van der Waals surface area contributed by atoms with Crippen LogP contribution < -0.4 is 5.43 Å². The van der Waals surface area contributed by atoms with E-state index in [9.17, 15) is 4.79 Å². The third-order valence-electron chi connectivity index (χ3n) is 4.06. The molecule has 20 heavy (non-hydrogen) atoms. The molecule has 1 aromatic carbocycles. The van der Waals surface area contributed by atoms with E-state index in [1.807, 2.05) is 12.1 Å². The largest absolute Gasteiger partial charge is 0.463 e. The van der Waals surface area contributed by atoms with Gasteiger partial charge in [-0.15, -0.1) is 5.54 Å². The molecule has 0 atom stereocenters. The zero-order valence-electron chi connectivity index (χ0n) is 12.7. The third-order valence-corrected chi connectivity index (χ3v) is 8.56. The molecule has 3 heteroatoms. The van der Waals surface area contributed by atoms with Gasteiger partial charge >= 0.3 is 0 Å². The lowest BCUT2D eigenvalue weighted by Crippen LogP contribution is -2.35. The SMILES string of the molecule is CC(C)(C)[Si](C)(C)C#Cc1coc2ccccc2c1=O. The van der Waals surface area contributed by atoms with Crippen LogP contribution in [-0.2, 0) is 0 Å². The van der Waals surface area contributed by atoms with Gasteiger partial charge in [0, 0.05) is 0 Å². The van der Waals surface area contributed by atoms with Crippen molar-refractivity contribution in [2.75, 3.05) is 0 Å². The topological polar surface area (TPSA) is 30.2 Å². The molecule has 1 heterocycles. The van der Waals surface area contributed by atoms with Crippen molar-refractivity contribution >= 4 is 19.0 Å². The molecule has 2 nitrogen and oxygen atoms in total. The molecule has 0 aliphatic rings. The number of benzene rings is 1. The first-order valence-corrected chi connectivity index (χ1v) is 9.76. The van der Waals surface area contributed by atoms with Crippen LogP contribution in [0, 0.1) is 11.5 Å². The number of rotatable bonds is 0. The molecule has 0 fully saturated rings. The summed E-state index contributed by atoms with van der Waals surface area (Å²) in [6.45, 7) is 11.1. The van der Waals surface area contributed by atoms with Crippen molar-refractivity contribution in [3.05, 3.63) is 46.3 Å². The zero-order valence-corrected chi connectivity index (χ0v) is 13.7. The Morgan fingerprint density at radius 1 is 1.15 bits per heavy atom. The highest BCUT2D eigenvalue weighted by Crippen LogP contribution is 2.35. The van der Waals surface area contributed by atoms with Gasteiger partial charge in [0.05, 0.1) is 5.39 Å². The highest BCUT2D eigenvalue weighted by atomic mass is 28.3. The molecule has 0 amide bonds. The minimum absolute atomic E-state index is 0.0435. The van der Waals surface area contributed by atoms with Crippen LogP contribution in [0.5, 0.6) is 0 Å². The highest BCUT2D eigenvalue weighted by Gasteiger charge is 2.33. The number of hydrogen-bond acceptors (Lipinski definition) is 2. The van der Waals surface area contributed by atoms with Crippen LogP contribution >= 0.6 is 0 Å². The second kappa shape index (κ2) is 4.95. The molecule has 0 spiro atoms. The van der Waals surface area contributed by atoms with Gasteiger partial charge in [0.25, 0.3) is 0 Å². The van der Waals surface area contributed by atoms with E-state index in [2.05, 4.69) is 45.3 Å². The molecule has 0 saturated heterocycles. The Bertz CT molecular complexity index is 752. The molecule has 2 aromatic rings. The summed E-state index contributed by atoms with van der Waals surface area (Å²) in [6.07, 6.45) is 1.48. The van der Waals surface area contributed by atoms with E-state index in [1.165, 1.54) is 6.26 Å². The molecule has 0 unspecified atom stereocenters. The average Bonchev–Trinajstić information content (AvgIpc) is 2.37. The summed E-state index contributed by atoms with van der Waals surface area (Å²) in [6, 6.07) is 7.26. The summed E-state index contributed by atoms with van der Waals surface area (Å²) in [5, 5.41) is 0.770. The Balaban J connectivity index is 2.52. The molecule has 0 bridgehead atoms. The summed E-state index contributed by atoms with van der Waals surface area (Å²) in [5.41, 5.74) is 4.37. The summed E-state index contributed by atoms with van der Waals surface area (Å²) >= 11 is 0. The predicted octanol–water partition coefficient (Wildman–Crippen LogP) is 4.19. The number of fused-ring (bicyclic) bond motifs is 1. The lowest BCUT2D eigenvalue weighted by atomic mass is 10.2. The van der Waals surface area contributed by atoms with E-state index in [-0.39, 0.29) is 10.5 Å². The maximum absolute atomic E-state index is 12.3. The smallest absolute Gasteiger partial charge is 0.208 e. The van der Waals surface area contributed by atoms with Crippen molar-refractivity contribution in [2.45, 2.75) is 38.9 Å². The fourth-order valence-corrected chi connectivity index (χ4v) is 2.40. The predicted molar refractivity (Wildman–Crippen MR) is 86.6 cm³/mol. The first kappa shape index (κ1) is 14.6. The van der Waals surface area contributed by atoms with E-state index in [0.29, 0.717) is 16.5 Å². The first-order chi connectivity index (χ1) is 9.22. The van der Waals surface area contributed by atoms with Crippen molar-refractivity contribution in [3.8, 4) is 11.5 Å². The van der Waals surface area contributed by atoms with Crippen molar-refractivity contribution in [2.24, 2.45) is 0 Å². The monoisotopic (exact) mass is 284 g/mol. The molecule has 0 aliphatic heterocycles. The van der Waals surface area contributed by atoms with E-state index in [1.54, 1.807) is 12.1 Å². The second-order valence-corrected chi connectivity index (χ2v) is 11.6. The van der Waals surface area contributed by atoms with Gasteiger partial charge in [0.2, 0.25) is 5.43 Å². The summed E-state index contributed by atoms with van der Waals surface area (Å²) < 4.78 is 5.49. The standard InChI is InChI=1S/C17H20O2Si/c1-17(2,3)20(4,5)11-10-13-12-19-15-9-7-6-8-14(15)16(13)18/h6-9,12H,1-5H3. The van der Waals surface area contributed by atoms with Crippen LogP contribution in [0.25, 0.3) is 11.0 Å². The molecule has 2 rings (SSSR count). The molecule has 0 N–H and O–H groups in total. The van der Waals surface area contributed by atoms with Gasteiger partial charge in [-0.1, -0.05) is 51.9 Å². The van der Waals surface area contributed by atoms with Crippen LogP contribution in [0.4, 0.5) is 0 Å². The highest BCUT2D eigenvalue weighted by molar-refractivity contribution is 6.87. The lowest BCUT2D eigenvalue weighted by Gasteiger charge is -2.31. The van der Waals surface area contributed by atoms with E-state index in [4.69, 9.17) is 4.42 Å². The van der Waals surface area contributed by atoms with E-state index in [0.717, 1.165) is 0 Å². The normalized spacial score (nSPS) is 12.1. The fraction of sp³-hybridized carbons (Fsp3) is 0.353. The van der Waals surface area contributed by atoms with Crippen molar-refractivity contribution in [1.29, 1.82) is 0 Å². The summed E-state index contributed by atoms with van der Waals surface area (Å²) in [4.78, 5) is 12.3. The van der Waals surface area contributed by atoms with Crippen LogP contribution in [-0.4, -0.2) is 8.07 Å². The summed E-state index contributed by atoms with van der Waals surface area (Å²) in [5.74, 6) is 3.06. The van der Waals surface area contributed by atoms with Crippen LogP contribution in [0.3, 0.4) is 0 Å². The molecule has 1 aromatic heterocycles. The minimum Gasteiger partial charge on any atom is -0.463 e. The van der Waals surface area contributed by atoms with Crippen molar-refractivity contribution in [1.82, 2.24) is 0 Å². The zero-order chi connectivity index (χ0) is 15.0. The van der Waals surface area contributed by atoms with Gasteiger partial charge in [0.1, 0.15) is 25.5 Å². The van der Waals surface area contributed by atoms with Gasteiger partial charge < -0.3 is 4.42 Å². The molecule has 0 aliphatic carbocycles. The Morgan fingerprint density at radius 3 is 2.45 bits per heavy atom. The molecule has 0 saturated carbocycles. The Hall–Kier alpha value is -1.79. The molecule has 104 valence electrons. The minimum atomic E-state index is -1.72. The Labute approximate surface area is 120 Å². The molecular weight excluding hydrogens is 264 g/mol. The van der Waals surface area contributed by atoms with Crippen molar-refractivity contribution in [3.63, 3.8) is 0 Å². The second-order valence-electron chi connectivity index (χ2n) is 6.60.